The molecule has 0 spiro atoms. The SMILES string of the molecule is COCC(=O)N(CC(C)C(=O)OC)C[C@@H]1C[C@H](c2c(OC)ccc(Cl)c2Cl)CN1. The second kappa shape index (κ2) is 11.0. The average Bonchev–Trinajstić information content (AvgIpc) is 3.16. The Morgan fingerprint density at radius 3 is 2.62 bits per heavy atom. The minimum Gasteiger partial charge on any atom is -0.496 e. The lowest BCUT2D eigenvalue weighted by atomic mass is 9.95. The van der Waals surface area contributed by atoms with Gasteiger partial charge in [-0.05, 0) is 18.6 Å². The van der Waals surface area contributed by atoms with Gasteiger partial charge in [-0.15, -0.1) is 0 Å². The normalized spacial score (nSPS) is 19.7. The number of methoxy groups -OCH3 is 3. The number of benzene rings is 1. The molecule has 1 fully saturated rings. The summed E-state index contributed by atoms with van der Waals surface area (Å²) < 4.78 is 15.2. The number of nitrogens with zero attached hydrogens (tertiary/aromatic N) is 1. The van der Waals surface area contributed by atoms with Crippen LogP contribution in [-0.2, 0) is 19.1 Å². The first kappa shape index (κ1) is 23.7. The molecule has 0 aromatic heterocycles. The topological polar surface area (TPSA) is 77.1 Å². The van der Waals surface area contributed by atoms with Crippen LogP contribution in [0.3, 0.4) is 0 Å². The summed E-state index contributed by atoms with van der Waals surface area (Å²) in [6.45, 7) is 3.08. The zero-order valence-electron chi connectivity index (χ0n) is 17.2. The summed E-state index contributed by atoms with van der Waals surface area (Å²) in [5.74, 6) is -0.169. The van der Waals surface area contributed by atoms with Gasteiger partial charge in [-0.2, -0.15) is 0 Å². The van der Waals surface area contributed by atoms with E-state index in [1.54, 1.807) is 25.0 Å². The highest BCUT2D eigenvalue weighted by molar-refractivity contribution is 6.42. The van der Waals surface area contributed by atoms with Crippen molar-refractivity contribution in [2.45, 2.75) is 25.3 Å². The fourth-order valence-electron chi connectivity index (χ4n) is 3.65. The lowest BCUT2D eigenvalue weighted by Crippen LogP contribution is -2.45. The van der Waals surface area contributed by atoms with Crippen molar-refractivity contribution in [3.63, 3.8) is 0 Å². The molecule has 29 heavy (non-hydrogen) atoms. The molecule has 0 saturated carbocycles. The lowest BCUT2D eigenvalue weighted by Gasteiger charge is -2.27. The highest BCUT2D eigenvalue weighted by Gasteiger charge is 2.32. The lowest BCUT2D eigenvalue weighted by molar-refractivity contribution is -0.147. The first-order valence-electron chi connectivity index (χ1n) is 9.42. The van der Waals surface area contributed by atoms with E-state index in [1.807, 2.05) is 6.07 Å². The number of carbonyl (C=O) groups is 2. The minimum absolute atomic E-state index is 0.0328. The van der Waals surface area contributed by atoms with Crippen LogP contribution in [0.15, 0.2) is 12.1 Å². The zero-order chi connectivity index (χ0) is 21.6. The Morgan fingerprint density at radius 1 is 1.28 bits per heavy atom. The maximum Gasteiger partial charge on any atom is 0.310 e. The Hall–Kier alpha value is -1.54. The monoisotopic (exact) mass is 446 g/mol. The second-order valence-electron chi connectivity index (χ2n) is 7.17. The van der Waals surface area contributed by atoms with Crippen LogP contribution >= 0.6 is 23.2 Å². The van der Waals surface area contributed by atoms with Gasteiger partial charge in [0.25, 0.3) is 0 Å². The van der Waals surface area contributed by atoms with Crippen molar-refractivity contribution in [2.75, 3.05) is 47.6 Å². The van der Waals surface area contributed by atoms with E-state index in [1.165, 1.54) is 14.2 Å². The number of esters is 1. The molecular weight excluding hydrogens is 419 g/mol. The number of hydrogen-bond donors (Lipinski definition) is 1. The van der Waals surface area contributed by atoms with Gasteiger partial charge in [0.05, 0.1) is 30.2 Å². The number of ether oxygens (including phenoxy) is 3. The van der Waals surface area contributed by atoms with Gasteiger partial charge >= 0.3 is 5.97 Å². The van der Waals surface area contributed by atoms with Crippen LogP contribution in [-0.4, -0.2) is 70.4 Å². The van der Waals surface area contributed by atoms with Gasteiger partial charge in [-0.25, -0.2) is 0 Å². The Morgan fingerprint density at radius 2 is 2.00 bits per heavy atom. The molecule has 1 aliphatic heterocycles. The van der Waals surface area contributed by atoms with Gasteiger partial charge in [0.1, 0.15) is 12.4 Å². The van der Waals surface area contributed by atoms with E-state index >= 15 is 0 Å². The highest BCUT2D eigenvalue weighted by atomic mass is 35.5. The van der Waals surface area contributed by atoms with E-state index in [0.717, 1.165) is 12.0 Å². The summed E-state index contributed by atoms with van der Waals surface area (Å²) in [6, 6.07) is 3.56. The molecule has 1 heterocycles. The molecule has 9 heteroatoms. The third kappa shape index (κ3) is 5.98. The number of rotatable bonds is 9. The number of hydrogen-bond acceptors (Lipinski definition) is 6. The summed E-state index contributed by atoms with van der Waals surface area (Å²) in [4.78, 5) is 25.9. The highest BCUT2D eigenvalue weighted by Crippen LogP contribution is 2.41. The van der Waals surface area contributed by atoms with E-state index in [9.17, 15) is 9.59 Å². The van der Waals surface area contributed by atoms with Crippen molar-refractivity contribution >= 4 is 35.1 Å². The van der Waals surface area contributed by atoms with Crippen LogP contribution in [0.4, 0.5) is 0 Å². The van der Waals surface area contributed by atoms with Crippen LogP contribution in [0, 0.1) is 5.92 Å². The third-order valence-electron chi connectivity index (χ3n) is 5.10. The summed E-state index contributed by atoms with van der Waals surface area (Å²) >= 11 is 12.7. The molecule has 3 atom stereocenters. The van der Waals surface area contributed by atoms with E-state index in [-0.39, 0.29) is 37.0 Å². The van der Waals surface area contributed by atoms with Gasteiger partial charge < -0.3 is 24.4 Å². The zero-order valence-corrected chi connectivity index (χ0v) is 18.7. The van der Waals surface area contributed by atoms with Crippen molar-refractivity contribution in [2.24, 2.45) is 5.92 Å². The van der Waals surface area contributed by atoms with Crippen molar-refractivity contribution in [1.82, 2.24) is 10.2 Å². The van der Waals surface area contributed by atoms with Crippen molar-refractivity contribution in [3.05, 3.63) is 27.7 Å². The van der Waals surface area contributed by atoms with Crippen molar-refractivity contribution < 1.29 is 23.8 Å². The summed E-state index contributed by atoms with van der Waals surface area (Å²) in [5.41, 5.74) is 0.870. The predicted molar refractivity (Wildman–Crippen MR) is 112 cm³/mol. The average molecular weight is 447 g/mol. The Bertz CT molecular complexity index is 731. The van der Waals surface area contributed by atoms with Gasteiger partial charge in [0.15, 0.2) is 0 Å². The number of nitrogens with one attached hydrogen (secondary N) is 1. The van der Waals surface area contributed by atoms with E-state index in [4.69, 9.17) is 37.4 Å². The Kier molecular flexibility index (Phi) is 9.02. The third-order valence-corrected chi connectivity index (χ3v) is 5.92. The maximum absolute atomic E-state index is 12.5. The molecule has 1 aromatic rings. The molecular formula is C20H28Cl2N2O5. The van der Waals surface area contributed by atoms with Gasteiger partial charge in [0, 0.05) is 44.3 Å². The Balaban J connectivity index is 2.12. The Labute approximate surface area is 181 Å². The quantitative estimate of drug-likeness (QED) is 0.587. The smallest absolute Gasteiger partial charge is 0.310 e. The standard InChI is InChI=1S/C20H28Cl2N2O5/c1-12(20(26)29-4)9-24(17(25)11-27-2)10-14-7-13(8-23-14)18-16(28-3)6-5-15(21)19(18)22/h5-6,12-14,23H,7-11H2,1-4H3/t12?,13-,14-/m0/s1. The summed E-state index contributed by atoms with van der Waals surface area (Å²) in [6.07, 6.45) is 0.750. The van der Waals surface area contributed by atoms with Gasteiger partial charge in [0.2, 0.25) is 5.91 Å². The summed E-state index contributed by atoms with van der Waals surface area (Å²) in [5, 5.41) is 4.41. The fraction of sp³-hybridized carbons (Fsp3) is 0.600. The van der Waals surface area contributed by atoms with Crippen LogP contribution in [0.5, 0.6) is 5.75 Å². The predicted octanol–water partition coefficient (Wildman–Crippen LogP) is 2.73. The molecule has 0 radical (unpaired) electrons. The number of carbonyl (C=O) groups excluding carboxylic acids is 2. The molecule has 162 valence electrons. The van der Waals surface area contributed by atoms with Gasteiger partial charge in [-0.3, -0.25) is 9.59 Å². The maximum atomic E-state index is 12.5. The number of halogens is 2. The second-order valence-corrected chi connectivity index (χ2v) is 7.96. The van der Waals surface area contributed by atoms with Crippen molar-refractivity contribution in [3.8, 4) is 5.75 Å². The van der Waals surface area contributed by atoms with Crippen LogP contribution in [0.25, 0.3) is 0 Å². The molecule has 1 aromatic carbocycles. The van der Waals surface area contributed by atoms with Crippen LogP contribution in [0.1, 0.15) is 24.8 Å². The molecule has 7 nitrogen and oxygen atoms in total. The fourth-order valence-corrected chi connectivity index (χ4v) is 4.13. The molecule has 0 aliphatic carbocycles. The first-order valence-corrected chi connectivity index (χ1v) is 10.2. The molecule has 1 saturated heterocycles. The molecule has 0 bridgehead atoms. The van der Waals surface area contributed by atoms with Gasteiger partial charge in [-0.1, -0.05) is 30.1 Å². The minimum atomic E-state index is -0.430. The van der Waals surface area contributed by atoms with E-state index < -0.39 is 5.92 Å². The summed E-state index contributed by atoms with van der Waals surface area (Å²) in [7, 11) is 4.41. The molecule has 1 unspecified atom stereocenters. The molecule has 1 amide bonds. The van der Waals surface area contributed by atoms with Crippen LogP contribution in [0.2, 0.25) is 10.0 Å². The van der Waals surface area contributed by atoms with E-state index in [2.05, 4.69) is 5.32 Å². The van der Waals surface area contributed by atoms with E-state index in [0.29, 0.717) is 28.9 Å². The molecule has 2 rings (SSSR count). The molecule has 1 aliphatic rings. The molecule has 1 N–H and O–H groups in total. The first-order chi connectivity index (χ1) is 13.8. The largest absolute Gasteiger partial charge is 0.496 e. The van der Waals surface area contributed by atoms with Crippen molar-refractivity contribution in [1.29, 1.82) is 0 Å². The van der Waals surface area contributed by atoms with Crippen LogP contribution < -0.4 is 10.1 Å². The number of amides is 1.